The van der Waals surface area contributed by atoms with E-state index in [4.69, 9.17) is 19.9 Å². The second-order valence-corrected chi connectivity index (χ2v) is 15.4. The molecule has 2 aromatic heterocycles. The van der Waals surface area contributed by atoms with Crippen LogP contribution in [0.3, 0.4) is 0 Å². The number of fused-ring (bicyclic) bond motifs is 4. The lowest BCUT2D eigenvalue weighted by molar-refractivity contribution is 0.875. The van der Waals surface area contributed by atoms with Crippen LogP contribution in [0.2, 0.25) is 0 Å². The van der Waals surface area contributed by atoms with E-state index < -0.39 is 0 Å². The maximum absolute atomic E-state index is 5.12. The molecular formula is C54H44N4. The molecule has 0 aliphatic carbocycles. The minimum absolute atomic E-state index is 0.388. The molecule has 0 bridgehead atoms. The zero-order chi connectivity index (χ0) is 39.6. The molecule has 4 heteroatoms. The molecular weight excluding hydrogens is 705 g/mol. The fraction of sp³-hybridized carbons (Fsp3) is 0.111. The highest BCUT2D eigenvalue weighted by molar-refractivity contribution is 6.05. The molecule has 0 fully saturated rings. The van der Waals surface area contributed by atoms with Crippen molar-refractivity contribution in [3.8, 4) is 45.3 Å². The van der Waals surface area contributed by atoms with E-state index >= 15 is 0 Å². The van der Waals surface area contributed by atoms with Crippen LogP contribution < -0.4 is 0 Å². The van der Waals surface area contributed by atoms with Gasteiger partial charge in [-0.3, -0.25) is 0 Å². The molecule has 0 saturated carbocycles. The van der Waals surface area contributed by atoms with E-state index in [1.807, 2.05) is 24.3 Å². The molecule has 4 nitrogen and oxygen atoms in total. The van der Waals surface area contributed by atoms with E-state index in [9.17, 15) is 0 Å². The molecule has 2 heterocycles. The Morgan fingerprint density at radius 3 is 1.50 bits per heavy atom. The van der Waals surface area contributed by atoms with Gasteiger partial charge in [0.15, 0.2) is 11.6 Å². The van der Waals surface area contributed by atoms with Gasteiger partial charge in [0, 0.05) is 33.0 Å². The molecule has 0 unspecified atom stereocenters. The summed E-state index contributed by atoms with van der Waals surface area (Å²) in [7, 11) is 0. The highest BCUT2D eigenvalue weighted by Gasteiger charge is 2.19. The third-order valence-corrected chi connectivity index (χ3v) is 10.9. The van der Waals surface area contributed by atoms with Crippen molar-refractivity contribution >= 4 is 43.4 Å². The predicted octanol–water partition coefficient (Wildman–Crippen LogP) is 14.5. The van der Waals surface area contributed by atoms with Crippen molar-refractivity contribution in [3.63, 3.8) is 0 Å². The average molecular weight is 749 g/mol. The molecule has 8 aromatic carbocycles. The first-order chi connectivity index (χ1) is 28.4. The lowest BCUT2D eigenvalue weighted by atomic mass is 9.93. The largest absolute Gasteiger partial charge is 0.228 e. The van der Waals surface area contributed by atoms with Gasteiger partial charge in [0.25, 0.3) is 0 Å². The fourth-order valence-corrected chi connectivity index (χ4v) is 7.99. The first kappa shape index (κ1) is 36.6. The van der Waals surface area contributed by atoms with Gasteiger partial charge in [0.2, 0.25) is 0 Å². The summed E-state index contributed by atoms with van der Waals surface area (Å²) in [5.41, 5.74) is 10.9. The van der Waals surface area contributed by atoms with Gasteiger partial charge in [-0.15, -0.1) is 0 Å². The third-order valence-electron chi connectivity index (χ3n) is 10.9. The van der Waals surface area contributed by atoms with Gasteiger partial charge >= 0.3 is 0 Å². The molecule has 58 heavy (non-hydrogen) atoms. The van der Waals surface area contributed by atoms with Crippen molar-refractivity contribution in [2.45, 2.75) is 39.5 Å². The number of rotatable bonds is 6. The molecule has 0 N–H and O–H groups in total. The van der Waals surface area contributed by atoms with Gasteiger partial charge < -0.3 is 0 Å². The van der Waals surface area contributed by atoms with Crippen molar-refractivity contribution in [3.05, 3.63) is 193 Å². The van der Waals surface area contributed by atoms with E-state index in [1.54, 1.807) is 0 Å². The Kier molecular flexibility index (Phi) is 9.99. The third kappa shape index (κ3) is 7.10. The van der Waals surface area contributed by atoms with Gasteiger partial charge in [-0.2, -0.15) is 0 Å². The normalized spacial score (nSPS) is 11.4. The highest BCUT2D eigenvalue weighted by atomic mass is 14.9. The quantitative estimate of drug-likeness (QED) is 0.170. The molecule has 280 valence electrons. The minimum atomic E-state index is 0.388. The van der Waals surface area contributed by atoms with Gasteiger partial charge in [-0.05, 0) is 62.7 Å². The van der Waals surface area contributed by atoms with Crippen LogP contribution in [0.25, 0.3) is 88.6 Å². The fourth-order valence-electron chi connectivity index (χ4n) is 7.99. The van der Waals surface area contributed by atoms with Crippen molar-refractivity contribution < 1.29 is 0 Å². The van der Waals surface area contributed by atoms with Crippen molar-refractivity contribution in [2.75, 3.05) is 0 Å². The highest BCUT2D eigenvalue weighted by Crippen LogP contribution is 2.38. The van der Waals surface area contributed by atoms with Crippen LogP contribution in [-0.2, 0) is 0 Å². The summed E-state index contributed by atoms with van der Waals surface area (Å²) in [4.78, 5) is 20.1. The summed E-state index contributed by atoms with van der Waals surface area (Å²) >= 11 is 0. The van der Waals surface area contributed by atoms with Crippen LogP contribution in [-0.4, -0.2) is 19.9 Å². The summed E-state index contributed by atoms with van der Waals surface area (Å²) in [5.74, 6) is 2.32. The van der Waals surface area contributed by atoms with E-state index in [0.29, 0.717) is 11.8 Å². The second kappa shape index (κ2) is 15.8. The van der Waals surface area contributed by atoms with Gasteiger partial charge in [-0.1, -0.05) is 191 Å². The van der Waals surface area contributed by atoms with Crippen molar-refractivity contribution in [1.29, 1.82) is 0 Å². The number of nitrogens with zero attached hydrogens (tertiary/aromatic N) is 4. The Labute approximate surface area is 340 Å². The summed E-state index contributed by atoms with van der Waals surface area (Å²) < 4.78 is 0. The number of hydrogen-bond acceptors (Lipinski definition) is 4. The van der Waals surface area contributed by atoms with E-state index in [-0.39, 0.29) is 0 Å². The van der Waals surface area contributed by atoms with Crippen LogP contribution in [0.5, 0.6) is 0 Å². The van der Waals surface area contributed by atoms with Crippen molar-refractivity contribution in [1.82, 2.24) is 19.9 Å². The Morgan fingerprint density at radius 1 is 0.345 bits per heavy atom. The van der Waals surface area contributed by atoms with E-state index in [2.05, 4.69) is 185 Å². The van der Waals surface area contributed by atoms with E-state index in [0.717, 1.165) is 67.1 Å². The summed E-state index contributed by atoms with van der Waals surface area (Å²) in [5, 5.41) is 7.16. The Hall–Kier alpha value is -7.04. The zero-order valence-electron chi connectivity index (χ0n) is 33.3. The molecule has 10 rings (SSSR count). The summed E-state index contributed by atoms with van der Waals surface area (Å²) in [6, 6.07) is 63.2. The maximum atomic E-state index is 5.12. The monoisotopic (exact) mass is 748 g/mol. The molecule has 0 amide bonds. The van der Waals surface area contributed by atoms with Crippen molar-refractivity contribution in [2.24, 2.45) is 0 Å². The minimum Gasteiger partial charge on any atom is -0.228 e. The molecule has 0 aliphatic heterocycles. The van der Waals surface area contributed by atoms with E-state index in [1.165, 1.54) is 32.7 Å². The van der Waals surface area contributed by atoms with Gasteiger partial charge in [-0.25, -0.2) is 19.9 Å². The van der Waals surface area contributed by atoms with Crippen LogP contribution in [0, 0.1) is 0 Å². The van der Waals surface area contributed by atoms with Crippen LogP contribution in [0.15, 0.2) is 182 Å². The van der Waals surface area contributed by atoms with Crippen LogP contribution in [0.4, 0.5) is 0 Å². The van der Waals surface area contributed by atoms with Crippen LogP contribution >= 0.6 is 0 Å². The SMILES string of the molecule is CC(C)c1cccc2nc(-c3ccc4ccccc4c3)nc(-c3ccccc3)c12.CC(C)c1cccc2nc(-c3ccccc3)nc(-c3cccc4ccccc34)c12. The molecule has 10 aromatic rings. The molecule has 0 spiro atoms. The topological polar surface area (TPSA) is 51.6 Å². The smallest absolute Gasteiger partial charge is 0.160 e. The summed E-state index contributed by atoms with van der Waals surface area (Å²) in [6.07, 6.45) is 0. The first-order valence-electron chi connectivity index (χ1n) is 20.1. The molecule has 0 radical (unpaired) electrons. The Morgan fingerprint density at radius 2 is 0.845 bits per heavy atom. The van der Waals surface area contributed by atoms with Gasteiger partial charge in [0.05, 0.1) is 22.4 Å². The lowest BCUT2D eigenvalue weighted by Gasteiger charge is -2.16. The Bertz CT molecular complexity index is 3060. The number of benzene rings is 8. The molecule has 0 aliphatic rings. The second-order valence-electron chi connectivity index (χ2n) is 15.4. The lowest BCUT2D eigenvalue weighted by Crippen LogP contribution is -1.99. The predicted molar refractivity (Wildman–Crippen MR) is 244 cm³/mol. The summed E-state index contributed by atoms with van der Waals surface area (Å²) in [6.45, 7) is 8.90. The van der Waals surface area contributed by atoms with Gasteiger partial charge in [0.1, 0.15) is 0 Å². The molecule has 0 saturated heterocycles. The number of aromatic nitrogens is 4. The zero-order valence-corrected chi connectivity index (χ0v) is 33.3. The average Bonchev–Trinajstić information content (AvgIpc) is 3.28. The van der Waals surface area contributed by atoms with Crippen LogP contribution in [0.1, 0.15) is 50.7 Å². The first-order valence-corrected chi connectivity index (χ1v) is 20.1. The molecule has 0 atom stereocenters. The standard InChI is InChI=1S/2C27H22N2/c1-18(2)21-15-9-17-24-25(21)26(29-27(28-24)20-11-4-3-5-12-20)23-16-8-13-19-10-6-7-14-22(19)23;1-18(2)23-13-8-14-24-25(23)26(20-10-4-3-5-11-20)29-27(28-24)22-16-15-19-9-6-7-12-21(19)17-22/h2*3-18H,1-2H3. The Balaban J connectivity index is 0.000000150. The number of hydrogen-bond donors (Lipinski definition) is 0. The maximum Gasteiger partial charge on any atom is 0.160 e.